The fourth-order valence-corrected chi connectivity index (χ4v) is 3.83. The lowest BCUT2D eigenvalue weighted by Crippen LogP contribution is -2.24. The van der Waals surface area contributed by atoms with E-state index in [-0.39, 0.29) is 12.0 Å². The monoisotopic (exact) mass is 404 g/mol. The van der Waals surface area contributed by atoms with Gasteiger partial charge in [-0.15, -0.1) is 11.3 Å². The Bertz CT molecular complexity index is 784. The number of nitrogens with one attached hydrogen (secondary N) is 1. The van der Waals surface area contributed by atoms with Crippen molar-refractivity contribution >= 4 is 17.2 Å². The topological polar surface area (TPSA) is 69.7 Å². The van der Waals surface area contributed by atoms with Crippen molar-refractivity contribution in [3.63, 3.8) is 0 Å². The lowest BCUT2D eigenvalue weighted by Gasteiger charge is -2.15. The van der Waals surface area contributed by atoms with Crippen molar-refractivity contribution in [1.29, 1.82) is 0 Å². The predicted molar refractivity (Wildman–Crippen MR) is 109 cm³/mol. The molecule has 1 unspecified atom stereocenters. The van der Waals surface area contributed by atoms with Gasteiger partial charge >= 0.3 is 0 Å². The molecule has 3 rings (SSSR count). The molecule has 1 N–H and O–H groups in total. The van der Waals surface area contributed by atoms with Crippen LogP contribution in [0.2, 0.25) is 0 Å². The minimum Gasteiger partial charge on any atom is -0.493 e. The normalized spacial score (nSPS) is 16.4. The van der Waals surface area contributed by atoms with Crippen molar-refractivity contribution in [1.82, 2.24) is 10.3 Å². The standard InChI is InChI=1S/C21H28N2O4S/c1-14(2)21-23-16(13-28-21)10-20(24)22-11-15-6-7-18(19(9-15)25-3)27-12-17-5-4-8-26-17/h6-7,9,13-14,17H,4-5,8,10-12H2,1-3H3,(H,22,24). The molecule has 0 bridgehead atoms. The number of nitrogens with zero attached hydrogens (tertiary/aromatic N) is 1. The number of benzene rings is 1. The van der Waals surface area contributed by atoms with Gasteiger partial charge in [-0.05, 0) is 30.5 Å². The number of ether oxygens (including phenoxy) is 3. The second kappa shape index (κ2) is 9.89. The van der Waals surface area contributed by atoms with Crippen LogP contribution in [0, 0.1) is 0 Å². The Balaban J connectivity index is 1.50. The molecule has 0 saturated carbocycles. The molecule has 6 nitrogen and oxygen atoms in total. The number of hydrogen-bond donors (Lipinski definition) is 1. The minimum absolute atomic E-state index is 0.0433. The first-order chi connectivity index (χ1) is 13.5. The predicted octanol–water partition coefficient (Wildman–Crippen LogP) is 3.69. The summed E-state index contributed by atoms with van der Waals surface area (Å²) in [4.78, 5) is 16.7. The molecule has 1 aliphatic rings. The highest BCUT2D eigenvalue weighted by molar-refractivity contribution is 7.09. The first-order valence-corrected chi connectivity index (χ1v) is 10.6. The summed E-state index contributed by atoms with van der Waals surface area (Å²) in [6.07, 6.45) is 2.57. The zero-order chi connectivity index (χ0) is 19.9. The third-order valence-corrected chi connectivity index (χ3v) is 5.77. The third kappa shape index (κ3) is 5.69. The first kappa shape index (κ1) is 20.6. The van der Waals surface area contributed by atoms with E-state index >= 15 is 0 Å². The zero-order valence-corrected chi connectivity index (χ0v) is 17.5. The molecule has 1 atom stereocenters. The Labute approximate surface area is 170 Å². The molecular formula is C21H28N2O4S. The van der Waals surface area contributed by atoms with Gasteiger partial charge in [-0.2, -0.15) is 0 Å². The van der Waals surface area contributed by atoms with Crippen LogP contribution in [0.5, 0.6) is 11.5 Å². The van der Waals surface area contributed by atoms with Gasteiger partial charge in [0.2, 0.25) is 5.91 Å². The Kier molecular flexibility index (Phi) is 7.28. The van der Waals surface area contributed by atoms with Crippen molar-refractivity contribution in [2.45, 2.75) is 51.7 Å². The van der Waals surface area contributed by atoms with E-state index in [0.717, 1.165) is 35.7 Å². The van der Waals surface area contributed by atoms with E-state index in [2.05, 4.69) is 24.1 Å². The molecule has 152 valence electrons. The largest absolute Gasteiger partial charge is 0.493 e. The number of rotatable bonds is 9. The first-order valence-electron chi connectivity index (χ1n) is 9.67. The molecule has 28 heavy (non-hydrogen) atoms. The van der Waals surface area contributed by atoms with E-state index in [9.17, 15) is 4.79 Å². The van der Waals surface area contributed by atoms with Crippen LogP contribution in [-0.2, 0) is 22.5 Å². The second-order valence-electron chi connectivity index (χ2n) is 7.22. The highest BCUT2D eigenvalue weighted by Crippen LogP contribution is 2.29. The summed E-state index contributed by atoms with van der Waals surface area (Å²) in [6, 6.07) is 5.71. The van der Waals surface area contributed by atoms with E-state index in [1.54, 1.807) is 18.4 Å². The molecule has 2 heterocycles. The molecular weight excluding hydrogens is 376 g/mol. The maximum atomic E-state index is 12.2. The molecule has 1 fully saturated rings. The van der Waals surface area contributed by atoms with Crippen LogP contribution in [0.3, 0.4) is 0 Å². The van der Waals surface area contributed by atoms with Gasteiger partial charge in [0, 0.05) is 24.4 Å². The number of carbonyl (C=O) groups is 1. The summed E-state index contributed by atoms with van der Waals surface area (Å²) in [5, 5.41) is 5.96. The van der Waals surface area contributed by atoms with Gasteiger partial charge in [0.05, 0.1) is 30.3 Å². The van der Waals surface area contributed by atoms with Crippen LogP contribution in [0.15, 0.2) is 23.6 Å². The van der Waals surface area contributed by atoms with Crippen molar-refractivity contribution in [2.75, 3.05) is 20.3 Å². The van der Waals surface area contributed by atoms with E-state index in [0.29, 0.717) is 37.0 Å². The van der Waals surface area contributed by atoms with Crippen LogP contribution in [-0.4, -0.2) is 37.3 Å². The summed E-state index contributed by atoms with van der Waals surface area (Å²) in [5.41, 5.74) is 1.78. The van der Waals surface area contributed by atoms with Gasteiger partial charge < -0.3 is 19.5 Å². The maximum Gasteiger partial charge on any atom is 0.226 e. The van der Waals surface area contributed by atoms with E-state index in [1.165, 1.54) is 0 Å². The number of aromatic nitrogens is 1. The molecule has 1 aliphatic heterocycles. The molecule has 0 spiro atoms. The number of hydrogen-bond acceptors (Lipinski definition) is 6. The summed E-state index contributed by atoms with van der Waals surface area (Å²) >= 11 is 1.60. The lowest BCUT2D eigenvalue weighted by molar-refractivity contribution is -0.120. The minimum atomic E-state index is -0.0433. The molecule has 1 amide bonds. The highest BCUT2D eigenvalue weighted by atomic mass is 32.1. The summed E-state index contributed by atoms with van der Waals surface area (Å²) in [7, 11) is 1.62. The van der Waals surface area contributed by atoms with Gasteiger partial charge in [0.25, 0.3) is 0 Å². The average molecular weight is 405 g/mol. The van der Waals surface area contributed by atoms with E-state index in [1.807, 2.05) is 23.6 Å². The van der Waals surface area contributed by atoms with Crippen LogP contribution < -0.4 is 14.8 Å². The Morgan fingerprint density at radius 1 is 1.39 bits per heavy atom. The van der Waals surface area contributed by atoms with Gasteiger partial charge in [-0.25, -0.2) is 4.98 Å². The maximum absolute atomic E-state index is 12.2. The molecule has 2 aromatic rings. The van der Waals surface area contributed by atoms with Gasteiger partial charge in [0.1, 0.15) is 6.61 Å². The van der Waals surface area contributed by atoms with Crippen LogP contribution >= 0.6 is 11.3 Å². The molecule has 1 saturated heterocycles. The third-order valence-electron chi connectivity index (χ3n) is 4.57. The van der Waals surface area contributed by atoms with Crippen molar-refractivity contribution < 1.29 is 19.0 Å². The summed E-state index contributed by atoms with van der Waals surface area (Å²) in [6.45, 7) is 5.97. The summed E-state index contributed by atoms with van der Waals surface area (Å²) in [5.74, 6) is 1.69. The van der Waals surface area contributed by atoms with Crippen molar-refractivity contribution in [2.24, 2.45) is 0 Å². The molecule has 1 aromatic heterocycles. The second-order valence-corrected chi connectivity index (χ2v) is 8.11. The smallest absolute Gasteiger partial charge is 0.226 e. The molecule has 7 heteroatoms. The van der Waals surface area contributed by atoms with Crippen LogP contribution in [0.1, 0.15) is 48.9 Å². The van der Waals surface area contributed by atoms with Gasteiger partial charge in [-0.1, -0.05) is 19.9 Å². The SMILES string of the molecule is COc1cc(CNC(=O)Cc2csc(C(C)C)n2)ccc1OCC1CCCO1. The van der Waals surface area contributed by atoms with Crippen LogP contribution in [0.25, 0.3) is 0 Å². The Morgan fingerprint density at radius 2 is 2.25 bits per heavy atom. The van der Waals surface area contributed by atoms with Gasteiger partial charge in [0.15, 0.2) is 11.5 Å². The fourth-order valence-electron chi connectivity index (χ4n) is 3.00. The van der Waals surface area contributed by atoms with Crippen LogP contribution in [0.4, 0.5) is 0 Å². The van der Waals surface area contributed by atoms with Gasteiger partial charge in [-0.3, -0.25) is 4.79 Å². The number of thiazole rings is 1. The summed E-state index contributed by atoms with van der Waals surface area (Å²) < 4.78 is 16.9. The zero-order valence-electron chi connectivity index (χ0n) is 16.7. The highest BCUT2D eigenvalue weighted by Gasteiger charge is 2.17. The van der Waals surface area contributed by atoms with Crippen molar-refractivity contribution in [3.8, 4) is 11.5 Å². The quantitative estimate of drug-likeness (QED) is 0.690. The van der Waals surface area contributed by atoms with E-state index < -0.39 is 0 Å². The molecule has 0 radical (unpaired) electrons. The lowest BCUT2D eigenvalue weighted by atomic mass is 10.2. The number of carbonyl (C=O) groups excluding carboxylic acids is 1. The molecule has 1 aromatic carbocycles. The number of methoxy groups -OCH3 is 1. The van der Waals surface area contributed by atoms with E-state index in [4.69, 9.17) is 14.2 Å². The Hall–Kier alpha value is -2.12. The Morgan fingerprint density at radius 3 is 2.93 bits per heavy atom. The molecule has 0 aliphatic carbocycles. The average Bonchev–Trinajstić information content (AvgIpc) is 3.37. The fraction of sp³-hybridized carbons (Fsp3) is 0.524. The number of amides is 1. The van der Waals surface area contributed by atoms with Crippen molar-refractivity contribution in [3.05, 3.63) is 39.8 Å².